The zero-order valence-electron chi connectivity index (χ0n) is 16.3. The smallest absolute Gasteiger partial charge is 0.265 e. The van der Waals surface area contributed by atoms with Crippen LogP contribution in [0.1, 0.15) is 12.5 Å². The van der Waals surface area contributed by atoms with Crippen molar-refractivity contribution < 1.29 is 17.6 Å². The molecule has 0 saturated heterocycles. The first-order valence-corrected chi connectivity index (χ1v) is 12.2. The molecule has 30 heavy (non-hydrogen) atoms. The minimum atomic E-state index is -3.79. The molecule has 1 aliphatic rings. The molecule has 1 atom stereocenters. The van der Waals surface area contributed by atoms with E-state index >= 15 is 0 Å². The number of carbonyl (C=O) groups is 1. The second-order valence-electron chi connectivity index (χ2n) is 7.04. The van der Waals surface area contributed by atoms with Gasteiger partial charge in [0.15, 0.2) is 0 Å². The van der Waals surface area contributed by atoms with Gasteiger partial charge in [-0.05, 0) is 36.1 Å². The summed E-state index contributed by atoms with van der Waals surface area (Å²) in [6, 6.07) is 16.2. The predicted octanol–water partition coefficient (Wildman–Crippen LogP) is 3.93. The van der Waals surface area contributed by atoms with Crippen LogP contribution >= 0.6 is 11.8 Å². The van der Waals surface area contributed by atoms with E-state index in [1.807, 2.05) is 12.1 Å². The molecule has 0 aromatic heterocycles. The molecule has 4 rings (SSSR count). The highest BCUT2D eigenvalue weighted by Gasteiger charge is 2.40. The number of thioether (sulfide) groups is 1. The molecule has 3 aromatic rings. The maximum atomic E-state index is 13.6. The van der Waals surface area contributed by atoms with E-state index in [0.29, 0.717) is 34.7 Å². The molecule has 0 bridgehead atoms. The fraction of sp³-hybridized carbons (Fsp3) is 0.227. The molecule has 0 unspecified atom stereocenters. The summed E-state index contributed by atoms with van der Waals surface area (Å²) in [5.41, 5.74) is 1.15. The largest absolute Gasteiger partial charge is 0.353 e. The standard InChI is InChI=1S/C22H21FN2O3S2/c1-15(22(26)24-12-13-29-14-17-6-2-3-9-18(17)23)25-19-10-4-7-16-8-5-11-20(21(16)19)30(25,27)28/h2-11,15H,12-14H2,1H3,(H,24,26)/t15-/m0/s1. The third-order valence-corrected chi connectivity index (χ3v) is 8.05. The minimum Gasteiger partial charge on any atom is -0.353 e. The Balaban J connectivity index is 1.40. The zero-order valence-corrected chi connectivity index (χ0v) is 18.0. The molecule has 5 nitrogen and oxygen atoms in total. The molecule has 0 saturated carbocycles. The van der Waals surface area contributed by atoms with Gasteiger partial charge in [-0.15, -0.1) is 0 Å². The van der Waals surface area contributed by atoms with Gasteiger partial charge in [0.1, 0.15) is 11.9 Å². The van der Waals surface area contributed by atoms with E-state index in [1.165, 1.54) is 22.1 Å². The van der Waals surface area contributed by atoms with Crippen molar-refractivity contribution >= 4 is 44.2 Å². The molecule has 1 amide bonds. The van der Waals surface area contributed by atoms with Crippen molar-refractivity contribution in [3.8, 4) is 0 Å². The number of anilines is 1. The number of hydrogen-bond acceptors (Lipinski definition) is 4. The van der Waals surface area contributed by atoms with E-state index in [9.17, 15) is 17.6 Å². The van der Waals surface area contributed by atoms with Gasteiger partial charge in [0, 0.05) is 23.4 Å². The van der Waals surface area contributed by atoms with Crippen LogP contribution in [0.3, 0.4) is 0 Å². The Kier molecular flexibility index (Phi) is 5.71. The van der Waals surface area contributed by atoms with Crippen LogP contribution in [0.2, 0.25) is 0 Å². The number of sulfonamides is 1. The Morgan fingerprint density at radius 2 is 1.83 bits per heavy atom. The highest BCUT2D eigenvalue weighted by Crippen LogP contribution is 2.43. The predicted molar refractivity (Wildman–Crippen MR) is 119 cm³/mol. The van der Waals surface area contributed by atoms with Gasteiger partial charge in [-0.2, -0.15) is 11.8 Å². The van der Waals surface area contributed by atoms with Gasteiger partial charge in [-0.25, -0.2) is 12.8 Å². The van der Waals surface area contributed by atoms with Gasteiger partial charge in [0.2, 0.25) is 5.91 Å². The van der Waals surface area contributed by atoms with E-state index in [0.717, 1.165) is 5.39 Å². The second-order valence-corrected chi connectivity index (χ2v) is 9.93. The fourth-order valence-corrected chi connectivity index (χ4v) is 6.35. The number of carbonyl (C=O) groups excluding carboxylic acids is 1. The van der Waals surface area contributed by atoms with Crippen LogP contribution in [0.15, 0.2) is 65.6 Å². The topological polar surface area (TPSA) is 66.5 Å². The lowest BCUT2D eigenvalue weighted by atomic mass is 10.1. The number of hydrogen-bond donors (Lipinski definition) is 1. The first-order chi connectivity index (χ1) is 14.4. The Morgan fingerprint density at radius 1 is 1.10 bits per heavy atom. The summed E-state index contributed by atoms with van der Waals surface area (Å²) in [6.45, 7) is 1.96. The van der Waals surface area contributed by atoms with E-state index in [1.54, 1.807) is 49.4 Å². The van der Waals surface area contributed by atoms with Gasteiger partial charge in [-0.3, -0.25) is 9.10 Å². The van der Waals surface area contributed by atoms with Gasteiger partial charge in [-0.1, -0.05) is 42.5 Å². The lowest BCUT2D eigenvalue weighted by Gasteiger charge is -2.25. The number of halogens is 1. The van der Waals surface area contributed by atoms with Gasteiger partial charge in [0.25, 0.3) is 10.0 Å². The van der Waals surface area contributed by atoms with Crippen LogP contribution in [0, 0.1) is 5.82 Å². The monoisotopic (exact) mass is 444 g/mol. The molecule has 0 aliphatic carbocycles. The minimum absolute atomic E-state index is 0.232. The van der Waals surface area contributed by atoms with Crippen LogP contribution in [0.25, 0.3) is 10.8 Å². The Hall–Kier alpha value is -2.58. The van der Waals surface area contributed by atoms with Crippen LogP contribution < -0.4 is 9.62 Å². The van der Waals surface area contributed by atoms with E-state index in [-0.39, 0.29) is 16.6 Å². The number of nitrogens with zero attached hydrogens (tertiary/aromatic N) is 1. The zero-order chi connectivity index (χ0) is 21.3. The lowest BCUT2D eigenvalue weighted by Crippen LogP contribution is -2.47. The molecule has 1 heterocycles. The summed E-state index contributed by atoms with van der Waals surface area (Å²) >= 11 is 1.51. The van der Waals surface area contributed by atoms with Crippen molar-refractivity contribution in [1.82, 2.24) is 5.32 Å². The maximum absolute atomic E-state index is 13.6. The van der Waals surface area contributed by atoms with Gasteiger partial charge < -0.3 is 5.32 Å². The number of benzene rings is 3. The number of amides is 1. The van der Waals surface area contributed by atoms with Crippen molar-refractivity contribution in [1.29, 1.82) is 0 Å². The molecular weight excluding hydrogens is 423 g/mol. The molecule has 1 N–H and O–H groups in total. The first-order valence-electron chi connectivity index (χ1n) is 9.56. The molecule has 156 valence electrons. The van der Waals surface area contributed by atoms with Crippen molar-refractivity contribution in [2.75, 3.05) is 16.6 Å². The third-order valence-electron chi connectivity index (χ3n) is 5.11. The molecule has 0 spiro atoms. The summed E-state index contributed by atoms with van der Waals surface area (Å²) in [6.07, 6.45) is 0. The first kappa shape index (κ1) is 20.7. The van der Waals surface area contributed by atoms with Crippen molar-refractivity contribution in [3.05, 3.63) is 72.0 Å². The Labute approximate surface area is 179 Å². The fourth-order valence-electron chi connectivity index (χ4n) is 3.64. The molecular formula is C22H21FN2O3S2. The summed E-state index contributed by atoms with van der Waals surface area (Å²) in [4.78, 5) is 12.9. The summed E-state index contributed by atoms with van der Waals surface area (Å²) in [5.74, 6) is 0.496. The normalized spacial score (nSPS) is 15.3. The van der Waals surface area contributed by atoms with Crippen molar-refractivity contribution in [2.45, 2.75) is 23.6 Å². The summed E-state index contributed by atoms with van der Waals surface area (Å²) in [7, 11) is -3.79. The highest BCUT2D eigenvalue weighted by atomic mass is 32.2. The number of nitrogens with one attached hydrogen (secondary N) is 1. The molecule has 0 radical (unpaired) electrons. The Bertz CT molecular complexity index is 1210. The number of rotatable bonds is 7. The van der Waals surface area contributed by atoms with Crippen LogP contribution in [0.4, 0.5) is 10.1 Å². The molecule has 8 heteroatoms. The second kappa shape index (κ2) is 8.28. The average Bonchev–Trinajstić information content (AvgIpc) is 2.97. The molecule has 1 aliphatic heterocycles. The summed E-state index contributed by atoms with van der Waals surface area (Å²) in [5, 5.41) is 4.28. The highest BCUT2D eigenvalue weighted by molar-refractivity contribution is 7.98. The molecule has 3 aromatic carbocycles. The van der Waals surface area contributed by atoms with Crippen molar-refractivity contribution in [2.24, 2.45) is 0 Å². The quantitative estimate of drug-likeness (QED) is 0.561. The molecule has 0 fully saturated rings. The Morgan fingerprint density at radius 3 is 2.60 bits per heavy atom. The third kappa shape index (κ3) is 3.65. The SMILES string of the molecule is C[C@@H](C(=O)NCCSCc1ccccc1F)N1c2cccc3cccc(c23)S1(=O)=O. The van der Waals surface area contributed by atoms with E-state index in [4.69, 9.17) is 0 Å². The van der Waals surface area contributed by atoms with E-state index in [2.05, 4.69) is 5.32 Å². The lowest BCUT2D eigenvalue weighted by molar-refractivity contribution is -0.121. The summed E-state index contributed by atoms with van der Waals surface area (Å²) < 4.78 is 41.0. The van der Waals surface area contributed by atoms with E-state index < -0.39 is 16.1 Å². The van der Waals surface area contributed by atoms with Gasteiger partial charge in [0.05, 0.1) is 10.6 Å². The van der Waals surface area contributed by atoms with Crippen LogP contribution in [-0.2, 0) is 20.6 Å². The van der Waals surface area contributed by atoms with Crippen LogP contribution in [-0.4, -0.2) is 32.7 Å². The average molecular weight is 445 g/mol. The van der Waals surface area contributed by atoms with Crippen molar-refractivity contribution in [3.63, 3.8) is 0 Å². The maximum Gasteiger partial charge on any atom is 0.265 e. The van der Waals surface area contributed by atoms with Gasteiger partial charge >= 0.3 is 0 Å². The van der Waals surface area contributed by atoms with Crippen LogP contribution in [0.5, 0.6) is 0 Å².